The maximum absolute atomic E-state index is 12.4. The number of benzene rings is 1. The Labute approximate surface area is 128 Å². The van der Waals surface area contributed by atoms with Gasteiger partial charge < -0.3 is 4.90 Å². The SMILES string of the molecule is O=C(Nc1nncs1)N1CCCCC1Cc1ccccc1. The molecule has 1 saturated heterocycles. The van der Waals surface area contributed by atoms with Crippen molar-refractivity contribution in [1.82, 2.24) is 15.1 Å². The summed E-state index contributed by atoms with van der Waals surface area (Å²) >= 11 is 1.34. The van der Waals surface area contributed by atoms with Crippen LogP contribution in [0.25, 0.3) is 0 Å². The van der Waals surface area contributed by atoms with Gasteiger partial charge in [0.1, 0.15) is 5.51 Å². The molecule has 1 N–H and O–H groups in total. The van der Waals surface area contributed by atoms with Gasteiger partial charge in [0.2, 0.25) is 5.13 Å². The number of hydrogen-bond acceptors (Lipinski definition) is 4. The number of carbonyl (C=O) groups excluding carboxylic acids is 1. The van der Waals surface area contributed by atoms with E-state index in [4.69, 9.17) is 0 Å². The van der Waals surface area contributed by atoms with Gasteiger partial charge in [-0.25, -0.2) is 4.79 Å². The van der Waals surface area contributed by atoms with Gasteiger partial charge in [-0.15, -0.1) is 10.2 Å². The van der Waals surface area contributed by atoms with Gasteiger partial charge >= 0.3 is 6.03 Å². The molecule has 1 aromatic carbocycles. The van der Waals surface area contributed by atoms with E-state index in [9.17, 15) is 4.79 Å². The average molecular weight is 302 g/mol. The molecule has 0 saturated carbocycles. The van der Waals surface area contributed by atoms with E-state index in [1.54, 1.807) is 5.51 Å². The molecule has 21 heavy (non-hydrogen) atoms. The smallest absolute Gasteiger partial charge is 0.321 e. The average Bonchev–Trinajstić information content (AvgIpc) is 3.02. The second-order valence-electron chi connectivity index (χ2n) is 5.21. The molecule has 3 rings (SSSR count). The minimum absolute atomic E-state index is 0.0626. The van der Waals surface area contributed by atoms with Crippen molar-refractivity contribution >= 4 is 22.5 Å². The van der Waals surface area contributed by atoms with Crippen LogP contribution in [0.4, 0.5) is 9.93 Å². The number of hydrogen-bond donors (Lipinski definition) is 1. The van der Waals surface area contributed by atoms with Crippen LogP contribution in [0.2, 0.25) is 0 Å². The Morgan fingerprint density at radius 3 is 2.95 bits per heavy atom. The maximum atomic E-state index is 12.4. The summed E-state index contributed by atoms with van der Waals surface area (Å²) in [5.74, 6) is 0. The standard InChI is InChI=1S/C15H18N4OS/c20-15(17-14-18-16-11-21-14)19-9-5-4-8-13(19)10-12-6-2-1-3-7-12/h1-3,6-7,11,13H,4-5,8-10H2,(H,17,18,20). The monoisotopic (exact) mass is 302 g/mol. The molecule has 1 fully saturated rings. The van der Waals surface area contributed by atoms with Crippen LogP contribution in [-0.4, -0.2) is 33.7 Å². The summed E-state index contributed by atoms with van der Waals surface area (Å²) in [4.78, 5) is 14.4. The maximum Gasteiger partial charge on any atom is 0.323 e. The number of nitrogens with one attached hydrogen (secondary N) is 1. The number of amides is 2. The van der Waals surface area contributed by atoms with Crippen LogP contribution < -0.4 is 5.32 Å². The Bertz CT molecular complexity index is 573. The highest BCUT2D eigenvalue weighted by molar-refractivity contribution is 7.13. The number of rotatable bonds is 3. The Morgan fingerprint density at radius 2 is 2.19 bits per heavy atom. The van der Waals surface area contributed by atoms with E-state index in [1.165, 1.54) is 23.3 Å². The van der Waals surface area contributed by atoms with Crippen LogP contribution in [0.3, 0.4) is 0 Å². The first kappa shape index (κ1) is 14.0. The molecule has 0 spiro atoms. The summed E-state index contributed by atoms with van der Waals surface area (Å²) in [6.45, 7) is 0.808. The molecule has 2 aromatic rings. The van der Waals surface area contributed by atoms with Crippen molar-refractivity contribution in [3.63, 3.8) is 0 Å². The largest absolute Gasteiger partial charge is 0.323 e. The van der Waals surface area contributed by atoms with Crippen LogP contribution in [-0.2, 0) is 6.42 Å². The van der Waals surface area contributed by atoms with Crippen LogP contribution in [0.1, 0.15) is 24.8 Å². The molecule has 1 unspecified atom stereocenters. The molecule has 1 aromatic heterocycles. The summed E-state index contributed by atoms with van der Waals surface area (Å²) in [5.41, 5.74) is 2.89. The van der Waals surface area contributed by atoms with Gasteiger partial charge in [0, 0.05) is 12.6 Å². The lowest BCUT2D eigenvalue weighted by atomic mass is 9.96. The van der Waals surface area contributed by atoms with Crippen molar-refractivity contribution in [2.75, 3.05) is 11.9 Å². The van der Waals surface area contributed by atoms with E-state index < -0.39 is 0 Å². The lowest BCUT2D eigenvalue weighted by molar-refractivity contribution is 0.162. The highest BCUT2D eigenvalue weighted by Crippen LogP contribution is 2.22. The molecule has 5 nitrogen and oxygen atoms in total. The van der Waals surface area contributed by atoms with E-state index >= 15 is 0 Å². The fourth-order valence-corrected chi connectivity index (χ4v) is 3.19. The normalized spacial score (nSPS) is 18.5. The van der Waals surface area contributed by atoms with E-state index in [1.807, 2.05) is 23.1 Å². The predicted octanol–water partition coefficient (Wildman–Crippen LogP) is 3.17. The summed E-state index contributed by atoms with van der Waals surface area (Å²) in [7, 11) is 0. The summed E-state index contributed by atoms with van der Waals surface area (Å²) in [6.07, 6.45) is 4.21. The zero-order valence-corrected chi connectivity index (χ0v) is 12.6. The van der Waals surface area contributed by atoms with Crippen LogP contribution >= 0.6 is 11.3 Å². The number of carbonyl (C=O) groups is 1. The molecule has 1 aliphatic rings. The third-order valence-corrected chi connectivity index (χ3v) is 4.38. The van der Waals surface area contributed by atoms with Gasteiger partial charge in [-0.05, 0) is 31.2 Å². The van der Waals surface area contributed by atoms with Crippen molar-refractivity contribution in [2.45, 2.75) is 31.7 Å². The molecule has 110 valence electrons. The molecule has 0 radical (unpaired) electrons. The molecule has 0 aliphatic carbocycles. The molecular weight excluding hydrogens is 284 g/mol. The van der Waals surface area contributed by atoms with Crippen LogP contribution in [0.5, 0.6) is 0 Å². The quantitative estimate of drug-likeness (QED) is 0.947. The van der Waals surface area contributed by atoms with E-state index in [0.29, 0.717) is 5.13 Å². The Kier molecular flexibility index (Phi) is 4.45. The molecule has 2 amide bonds. The zero-order chi connectivity index (χ0) is 14.5. The molecule has 2 heterocycles. The Hall–Kier alpha value is -1.95. The number of nitrogens with zero attached hydrogens (tertiary/aromatic N) is 3. The summed E-state index contributed by atoms with van der Waals surface area (Å²) in [6, 6.07) is 10.5. The molecular formula is C15H18N4OS. The summed E-state index contributed by atoms with van der Waals surface area (Å²) in [5, 5.41) is 11.0. The van der Waals surface area contributed by atoms with Gasteiger partial charge in [0.05, 0.1) is 0 Å². The van der Waals surface area contributed by atoms with Gasteiger partial charge in [0.25, 0.3) is 0 Å². The Balaban J connectivity index is 1.67. The van der Waals surface area contributed by atoms with Gasteiger partial charge in [-0.1, -0.05) is 41.7 Å². The Morgan fingerprint density at radius 1 is 1.33 bits per heavy atom. The van der Waals surface area contributed by atoms with E-state index in [-0.39, 0.29) is 12.1 Å². The van der Waals surface area contributed by atoms with Crippen LogP contribution in [0, 0.1) is 0 Å². The van der Waals surface area contributed by atoms with Crippen molar-refractivity contribution in [3.8, 4) is 0 Å². The van der Waals surface area contributed by atoms with Crippen LogP contribution in [0.15, 0.2) is 35.8 Å². The topological polar surface area (TPSA) is 58.1 Å². The molecule has 1 aliphatic heterocycles. The van der Waals surface area contributed by atoms with Gasteiger partial charge in [-0.3, -0.25) is 5.32 Å². The lowest BCUT2D eigenvalue weighted by Crippen LogP contribution is -2.46. The minimum atomic E-state index is -0.0626. The number of urea groups is 1. The zero-order valence-electron chi connectivity index (χ0n) is 11.7. The molecule has 6 heteroatoms. The number of piperidine rings is 1. The van der Waals surface area contributed by atoms with Gasteiger partial charge in [-0.2, -0.15) is 0 Å². The fraction of sp³-hybridized carbons (Fsp3) is 0.400. The third-order valence-electron chi connectivity index (χ3n) is 3.78. The highest BCUT2D eigenvalue weighted by atomic mass is 32.1. The predicted molar refractivity (Wildman–Crippen MR) is 83.4 cm³/mol. The number of aromatic nitrogens is 2. The third kappa shape index (κ3) is 3.58. The van der Waals surface area contributed by atoms with E-state index in [0.717, 1.165) is 25.8 Å². The molecule has 0 bridgehead atoms. The molecule has 1 atom stereocenters. The first-order valence-corrected chi connectivity index (χ1v) is 8.08. The van der Waals surface area contributed by atoms with Crippen molar-refractivity contribution in [1.29, 1.82) is 0 Å². The minimum Gasteiger partial charge on any atom is -0.321 e. The van der Waals surface area contributed by atoms with Crippen molar-refractivity contribution in [2.24, 2.45) is 0 Å². The summed E-state index contributed by atoms with van der Waals surface area (Å²) < 4.78 is 0. The second kappa shape index (κ2) is 6.67. The van der Waals surface area contributed by atoms with Crippen molar-refractivity contribution in [3.05, 3.63) is 41.4 Å². The highest BCUT2D eigenvalue weighted by Gasteiger charge is 2.27. The van der Waals surface area contributed by atoms with Gasteiger partial charge in [0.15, 0.2) is 0 Å². The second-order valence-corrected chi connectivity index (χ2v) is 6.04. The van der Waals surface area contributed by atoms with Crippen molar-refractivity contribution < 1.29 is 4.79 Å². The first-order chi connectivity index (χ1) is 10.3. The van der Waals surface area contributed by atoms with E-state index in [2.05, 4.69) is 27.6 Å². The number of likely N-dealkylation sites (tertiary alicyclic amines) is 1. The number of anilines is 1. The fourth-order valence-electron chi connectivity index (χ4n) is 2.76. The lowest BCUT2D eigenvalue weighted by Gasteiger charge is -2.35. The first-order valence-electron chi connectivity index (χ1n) is 7.20.